The van der Waals surface area contributed by atoms with Gasteiger partial charge in [0.1, 0.15) is 11.5 Å². The molecule has 1 aromatic carbocycles. The number of benzene rings is 1. The predicted octanol–water partition coefficient (Wildman–Crippen LogP) is 3.65. The number of hydrogen-bond acceptors (Lipinski definition) is 3. The van der Waals surface area contributed by atoms with Crippen LogP contribution in [0.5, 0.6) is 0 Å². The van der Waals surface area contributed by atoms with Crippen molar-refractivity contribution in [2.45, 2.75) is 0 Å². The van der Waals surface area contributed by atoms with Crippen molar-refractivity contribution >= 4 is 22.2 Å². The van der Waals surface area contributed by atoms with Gasteiger partial charge in [-0.3, -0.25) is 9.78 Å². The lowest BCUT2D eigenvalue weighted by atomic mass is 10.2. The van der Waals surface area contributed by atoms with Crippen LogP contribution in [-0.4, -0.2) is 21.1 Å². The summed E-state index contributed by atoms with van der Waals surface area (Å²) >= 11 is 3.31. The molecule has 3 rings (SSSR count). The second-order valence-corrected chi connectivity index (χ2v) is 5.25. The standard InChI is InChI=1S/C15H9BrFN3O/c16-11-1-6-14(18-7-11)15-10(9-21)8-20(19-15)13-4-2-12(17)3-5-13/h1-9H. The summed E-state index contributed by atoms with van der Waals surface area (Å²) in [6.45, 7) is 0. The smallest absolute Gasteiger partial charge is 0.153 e. The van der Waals surface area contributed by atoms with Crippen LogP contribution in [-0.2, 0) is 0 Å². The zero-order valence-corrected chi connectivity index (χ0v) is 12.3. The third-order valence-corrected chi connectivity index (χ3v) is 3.40. The highest BCUT2D eigenvalue weighted by molar-refractivity contribution is 9.10. The predicted molar refractivity (Wildman–Crippen MR) is 79.8 cm³/mol. The first-order valence-corrected chi connectivity index (χ1v) is 6.89. The molecule has 0 aliphatic carbocycles. The van der Waals surface area contributed by atoms with Crippen molar-refractivity contribution in [2.24, 2.45) is 0 Å². The molecular formula is C15H9BrFN3O. The van der Waals surface area contributed by atoms with Gasteiger partial charge in [0, 0.05) is 16.9 Å². The maximum atomic E-state index is 13.0. The lowest BCUT2D eigenvalue weighted by molar-refractivity contribution is 0.112. The van der Waals surface area contributed by atoms with Crippen molar-refractivity contribution in [1.29, 1.82) is 0 Å². The van der Waals surface area contributed by atoms with Crippen LogP contribution in [0.1, 0.15) is 10.4 Å². The molecule has 2 aromatic heterocycles. The zero-order chi connectivity index (χ0) is 14.8. The Morgan fingerprint density at radius 2 is 1.90 bits per heavy atom. The summed E-state index contributed by atoms with van der Waals surface area (Å²) in [7, 11) is 0. The fourth-order valence-corrected chi connectivity index (χ4v) is 2.15. The highest BCUT2D eigenvalue weighted by atomic mass is 79.9. The van der Waals surface area contributed by atoms with Gasteiger partial charge in [-0.1, -0.05) is 0 Å². The lowest BCUT2D eigenvalue weighted by Gasteiger charge is -2.00. The zero-order valence-electron chi connectivity index (χ0n) is 10.7. The number of rotatable bonds is 3. The maximum Gasteiger partial charge on any atom is 0.153 e. The molecule has 0 fully saturated rings. The van der Waals surface area contributed by atoms with Crippen molar-refractivity contribution in [3.63, 3.8) is 0 Å². The van der Waals surface area contributed by atoms with Crippen LogP contribution in [0.25, 0.3) is 17.1 Å². The molecular weight excluding hydrogens is 337 g/mol. The summed E-state index contributed by atoms with van der Waals surface area (Å²) in [5.41, 5.74) is 2.18. The Bertz CT molecular complexity index is 782. The van der Waals surface area contributed by atoms with E-state index < -0.39 is 0 Å². The Morgan fingerprint density at radius 1 is 1.14 bits per heavy atom. The Labute approximate surface area is 128 Å². The number of hydrogen-bond donors (Lipinski definition) is 0. The monoisotopic (exact) mass is 345 g/mol. The molecule has 0 atom stereocenters. The highest BCUT2D eigenvalue weighted by Crippen LogP contribution is 2.22. The van der Waals surface area contributed by atoms with Gasteiger partial charge in [-0.05, 0) is 52.3 Å². The summed E-state index contributed by atoms with van der Waals surface area (Å²) in [5.74, 6) is -0.323. The summed E-state index contributed by atoms with van der Waals surface area (Å²) in [6, 6.07) is 9.47. The van der Waals surface area contributed by atoms with Gasteiger partial charge in [0.15, 0.2) is 6.29 Å². The van der Waals surface area contributed by atoms with E-state index in [0.717, 1.165) is 10.8 Å². The number of aromatic nitrogens is 3. The molecule has 6 heteroatoms. The van der Waals surface area contributed by atoms with Crippen molar-refractivity contribution in [1.82, 2.24) is 14.8 Å². The number of carbonyl (C=O) groups is 1. The first-order chi connectivity index (χ1) is 10.2. The Balaban J connectivity index is 2.08. The van der Waals surface area contributed by atoms with Gasteiger partial charge in [0.25, 0.3) is 0 Å². The second kappa shape index (κ2) is 5.57. The van der Waals surface area contributed by atoms with Gasteiger partial charge in [0.2, 0.25) is 0 Å². The van der Waals surface area contributed by atoms with Gasteiger partial charge in [0.05, 0.1) is 16.9 Å². The Kier molecular flexibility index (Phi) is 3.62. The van der Waals surface area contributed by atoms with Crippen molar-refractivity contribution in [3.05, 3.63) is 64.6 Å². The van der Waals surface area contributed by atoms with Crippen molar-refractivity contribution < 1.29 is 9.18 Å². The Morgan fingerprint density at radius 3 is 2.52 bits per heavy atom. The van der Waals surface area contributed by atoms with Crippen LogP contribution in [0.3, 0.4) is 0 Å². The molecule has 0 unspecified atom stereocenters. The largest absolute Gasteiger partial charge is 0.298 e. The number of halogens is 2. The fraction of sp³-hybridized carbons (Fsp3) is 0. The average molecular weight is 346 g/mol. The SMILES string of the molecule is O=Cc1cn(-c2ccc(F)cc2)nc1-c1ccc(Br)cn1. The topological polar surface area (TPSA) is 47.8 Å². The third kappa shape index (κ3) is 2.75. The summed E-state index contributed by atoms with van der Waals surface area (Å²) in [4.78, 5) is 15.5. The lowest BCUT2D eigenvalue weighted by Crippen LogP contribution is -1.95. The number of pyridine rings is 1. The van der Waals surface area contributed by atoms with Crippen molar-refractivity contribution in [3.8, 4) is 17.1 Å². The van der Waals surface area contributed by atoms with Crippen LogP contribution in [0.4, 0.5) is 4.39 Å². The van der Waals surface area contributed by atoms with E-state index in [9.17, 15) is 9.18 Å². The van der Waals surface area contributed by atoms with Crippen LogP contribution in [0.15, 0.2) is 53.3 Å². The van der Waals surface area contributed by atoms with Gasteiger partial charge in [-0.2, -0.15) is 5.10 Å². The van der Waals surface area contributed by atoms with E-state index in [1.165, 1.54) is 16.8 Å². The molecule has 4 nitrogen and oxygen atoms in total. The van der Waals surface area contributed by atoms with E-state index in [1.54, 1.807) is 30.6 Å². The van der Waals surface area contributed by atoms with Crippen LogP contribution < -0.4 is 0 Å². The molecule has 2 heterocycles. The van der Waals surface area contributed by atoms with E-state index in [2.05, 4.69) is 26.0 Å². The van der Waals surface area contributed by atoms with Gasteiger partial charge in [-0.15, -0.1) is 0 Å². The van der Waals surface area contributed by atoms with Gasteiger partial charge >= 0.3 is 0 Å². The minimum Gasteiger partial charge on any atom is -0.298 e. The van der Waals surface area contributed by atoms with Gasteiger partial charge < -0.3 is 0 Å². The summed E-state index contributed by atoms with van der Waals surface area (Å²) in [5, 5.41) is 4.37. The van der Waals surface area contributed by atoms with Crippen LogP contribution in [0.2, 0.25) is 0 Å². The Hall–Kier alpha value is -2.34. The molecule has 104 valence electrons. The van der Waals surface area contributed by atoms with E-state index in [1.807, 2.05) is 6.07 Å². The molecule has 3 aromatic rings. The molecule has 0 saturated heterocycles. The molecule has 0 spiro atoms. The van der Waals surface area contributed by atoms with E-state index in [-0.39, 0.29) is 5.82 Å². The minimum atomic E-state index is -0.323. The molecule has 0 saturated carbocycles. The van der Waals surface area contributed by atoms with E-state index in [4.69, 9.17) is 0 Å². The molecule has 0 radical (unpaired) electrons. The summed E-state index contributed by atoms with van der Waals surface area (Å²) in [6.07, 6.45) is 3.96. The maximum absolute atomic E-state index is 13.0. The van der Waals surface area contributed by atoms with Crippen LogP contribution in [0, 0.1) is 5.82 Å². The summed E-state index contributed by atoms with van der Waals surface area (Å²) < 4.78 is 15.3. The van der Waals surface area contributed by atoms with E-state index >= 15 is 0 Å². The molecule has 0 N–H and O–H groups in total. The second-order valence-electron chi connectivity index (χ2n) is 4.33. The third-order valence-electron chi connectivity index (χ3n) is 2.93. The number of aldehydes is 1. The highest BCUT2D eigenvalue weighted by Gasteiger charge is 2.12. The molecule has 0 bridgehead atoms. The van der Waals surface area contributed by atoms with E-state index in [0.29, 0.717) is 22.6 Å². The fourth-order valence-electron chi connectivity index (χ4n) is 1.91. The molecule has 0 aliphatic heterocycles. The number of carbonyl (C=O) groups excluding carboxylic acids is 1. The first kappa shape index (κ1) is 13.6. The first-order valence-electron chi connectivity index (χ1n) is 6.10. The number of nitrogens with zero attached hydrogens (tertiary/aromatic N) is 3. The minimum absolute atomic E-state index is 0.323. The molecule has 21 heavy (non-hydrogen) atoms. The van der Waals surface area contributed by atoms with Crippen molar-refractivity contribution in [2.75, 3.05) is 0 Å². The quantitative estimate of drug-likeness (QED) is 0.680. The molecule has 0 aliphatic rings. The van der Waals surface area contributed by atoms with Crippen LogP contribution >= 0.6 is 15.9 Å². The van der Waals surface area contributed by atoms with Gasteiger partial charge in [-0.25, -0.2) is 9.07 Å². The average Bonchev–Trinajstić information content (AvgIpc) is 2.93. The molecule has 0 amide bonds. The normalized spacial score (nSPS) is 10.6.